The molecule has 0 bridgehead atoms. The summed E-state index contributed by atoms with van der Waals surface area (Å²) in [4.78, 5) is 28.5. The molecular weight excluding hydrogens is 518 g/mol. The van der Waals surface area contributed by atoms with Crippen LogP contribution in [0.2, 0.25) is 0 Å². The van der Waals surface area contributed by atoms with Gasteiger partial charge in [-0.2, -0.15) is 4.31 Å². The Bertz CT molecular complexity index is 1420. The molecule has 3 aromatic carbocycles. The van der Waals surface area contributed by atoms with Crippen molar-refractivity contribution in [3.8, 4) is 11.5 Å². The highest BCUT2D eigenvalue weighted by Gasteiger charge is 2.39. The van der Waals surface area contributed by atoms with Gasteiger partial charge in [0.05, 0.1) is 24.2 Å². The van der Waals surface area contributed by atoms with Crippen LogP contribution in [0.5, 0.6) is 11.5 Å². The molecule has 2 aliphatic heterocycles. The molecule has 5 rings (SSSR count). The second-order valence-electron chi connectivity index (χ2n) is 9.58. The molecule has 3 aromatic rings. The fourth-order valence-electron chi connectivity index (χ4n) is 4.94. The predicted molar refractivity (Wildman–Crippen MR) is 146 cm³/mol. The quantitative estimate of drug-likeness (QED) is 0.485. The third-order valence-electron chi connectivity index (χ3n) is 7.14. The number of methoxy groups -OCH3 is 1. The van der Waals surface area contributed by atoms with Crippen molar-refractivity contribution < 1.29 is 27.5 Å². The molecule has 10 heteroatoms. The molecule has 39 heavy (non-hydrogen) atoms. The largest absolute Gasteiger partial charge is 0.497 e. The average molecular weight is 550 g/mol. The standard InChI is InChI=1S/C29H31N3O6S/c1-37-23-11-13-24(14-12-23)39(35,36)31-17-15-22(16-18-31)29(34)32-20-27(38-26-10-6-5-9-25(26)32)28(33)30-19-21-7-3-2-4-8-21/h2-14,22,27H,15-20H2,1H3,(H,30,33)/t27-/m1/s1. The first-order valence-corrected chi connectivity index (χ1v) is 14.3. The average Bonchev–Trinajstić information content (AvgIpc) is 2.99. The molecular formula is C29H31N3O6S. The fourth-order valence-corrected chi connectivity index (χ4v) is 6.41. The summed E-state index contributed by atoms with van der Waals surface area (Å²) in [5.41, 5.74) is 1.58. The maximum atomic E-state index is 13.7. The van der Waals surface area contributed by atoms with Crippen molar-refractivity contribution in [2.45, 2.75) is 30.4 Å². The van der Waals surface area contributed by atoms with E-state index < -0.39 is 16.1 Å². The maximum absolute atomic E-state index is 13.7. The summed E-state index contributed by atoms with van der Waals surface area (Å²) in [5.74, 6) is 0.249. The third kappa shape index (κ3) is 5.76. The topological polar surface area (TPSA) is 105 Å². The number of sulfonamides is 1. The van der Waals surface area contributed by atoms with Crippen molar-refractivity contribution in [1.82, 2.24) is 9.62 Å². The lowest BCUT2D eigenvalue weighted by molar-refractivity contribution is -0.129. The van der Waals surface area contributed by atoms with Crippen molar-refractivity contribution >= 4 is 27.5 Å². The Morgan fingerprint density at radius 2 is 1.62 bits per heavy atom. The van der Waals surface area contributed by atoms with E-state index >= 15 is 0 Å². The molecule has 204 valence electrons. The minimum absolute atomic E-state index is 0.0842. The summed E-state index contributed by atoms with van der Waals surface area (Å²) in [7, 11) is -2.15. The Morgan fingerprint density at radius 3 is 2.31 bits per heavy atom. The Labute approximate surface area is 228 Å². The van der Waals surface area contributed by atoms with Gasteiger partial charge in [0.2, 0.25) is 15.9 Å². The van der Waals surface area contributed by atoms with Gasteiger partial charge in [-0.05, 0) is 54.8 Å². The van der Waals surface area contributed by atoms with Crippen LogP contribution in [0.1, 0.15) is 18.4 Å². The van der Waals surface area contributed by atoms with Crippen molar-refractivity contribution in [1.29, 1.82) is 0 Å². The van der Waals surface area contributed by atoms with Crippen LogP contribution in [0.25, 0.3) is 0 Å². The molecule has 0 aliphatic carbocycles. The van der Waals surface area contributed by atoms with E-state index in [1.54, 1.807) is 35.2 Å². The second kappa shape index (κ2) is 11.5. The van der Waals surface area contributed by atoms with Gasteiger partial charge in [0.25, 0.3) is 5.91 Å². The van der Waals surface area contributed by atoms with Gasteiger partial charge >= 0.3 is 0 Å². The molecule has 1 fully saturated rings. The number of rotatable bonds is 7. The van der Waals surface area contributed by atoms with Crippen molar-refractivity contribution in [2.75, 3.05) is 31.6 Å². The lowest BCUT2D eigenvalue weighted by Crippen LogP contribution is -2.53. The molecule has 0 unspecified atom stereocenters. The zero-order chi connectivity index (χ0) is 27.4. The number of fused-ring (bicyclic) bond motifs is 1. The van der Waals surface area contributed by atoms with Crippen LogP contribution in [0.4, 0.5) is 5.69 Å². The van der Waals surface area contributed by atoms with E-state index in [-0.39, 0.29) is 42.3 Å². The number of ether oxygens (including phenoxy) is 2. The first kappa shape index (κ1) is 26.7. The van der Waals surface area contributed by atoms with Gasteiger partial charge in [-0.1, -0.05) is 42.5 Å². The number of piperidine rings is 1. The predicted octanol–water partition coefficient (Wildman–Crippen LogP) is 3.21. The van der Waals surface area contributed by atoms with Crippen molar-refractivity contribution in [2.24, 2.45) is 5.92 Å². The first-order valence-electron chi connectivity index (χ1n) is 12.9. The molecule has 1 saturated heterocycles. The van der Waals surface area contributed by atoms with E-state index in [9.17, 15) is 18.0 Å². The Balaban J connectivity index is 1.25. The molecule has 1 atom stereocenters. The molecule has 1 N–H and O–H groups in total. The van der Waals surface area contributed by atoms with E-state index in [2.05, 4.69) is 5.32 Å². The monoisotopic (exact) mass is 549 g/mol. The van der Waals surface area contributed by atoms with Crippen molar-refractivity contribution in [3.63, 3.8) is 0 Å². The zero-order valence-corrected chi connectivity index (χ0v) is 22.5. The smallest absolute Gasteiger partial charge is 0.263 e. The summed E-state index contributed by atoms with van der Waals surface area (Å²) in [6.45, 7) is 0.909. The second-order valence-corrected chi connectivity index (χ2v) is 11.5. The summed E-state index contributed by atoms with van der Waals surface area (Å²) < 4.78 is 38.8. The minimum atomic E-state index is -3.68. The number of carbonyl (C=O) groups excluding carboxylic acids is 2. The number of carbonyl (C=O) groups is 2. The SMILES string of the molecule is COc1ccc(S(=O)(=O)N2CCC(C(=O)N3C[C@H](C(=O)NCc4ccccc4)Oc4ccccc43)CC2)cc1. The number of anilines is 1. The highest BCUT2D eigenvalue weighted by molar-refractivity contribution is 7.89. The number of amides is 2. The number of hydrogen-bond acceptors (Lipinski definition) is 6. The van der Waals surface area contributed by atoms with Crippen LogP contribution in [-0.2, 0) is 26.2 Å². The van der Waals surface area contributed by atoms with Crippen LogP contribution < -0.4 is 19.7 Å². The molecule has 0 radical (unpaired) electrons. The van der Waals surface area contributed by atoms with Gasteiger partial charge in [0, 0.05) is 25.6 Å². The molecule has 2 amide bonds. The maximum Gasteiger partial charge on any atom is 0.263 e. The third-order valence-corrected chi connectivity index (χ3v) is 9.05. The molecule has 9 nitrogen and oxygen atoms in total. The molecule has 2 heterocycles. The van der Waals surface area contributed by atoms with E-state index in [4.69, 9.17) is 9.47 Å². The van der Waals surface area contributed by atoms with Crippen LogP contribution in [0.15, 0.2) is 83.8 Å². The summed E-state index contributed by atoms with van der Waals surface area (Å²) in [6, 6.07) is 23.0. The molecule has 0 aromatic heterocycles. The summed E-state index contributed by atoms with van der Waals surface area (Å²) >= 11 is 0. The van der Waals surface area contributed by atoms with Gasteiger partial charge in [0.15, 0.2) is 6.10 Å². The normalized spacial score (nSPS) is 18.1. The highest BCUT2D eigenvalue weighted by atomic mass is 32.2. The number of para-hydroxylation sites is 2. The Hall–Kier alpha value is -3.89. The summed E-state index contributed by atoms with van der Waals surface area (Å²) in [6.07, 6.45) is -0.0832. The number of benzene rings is 3. The van der Waals surface area contributed by atoms with Crippen LogP contribution in [0.3, 0.4) is 0 Å². The fraction of sp³-hybridized carbons (Fsp3) is 0.310. The Morgan fingerprint density at radius 1 is 0.949 bits per heavy atom. The lowest BCUT2D eigenvalue weighted by atomic mass is 9.95. The van der Waals surface area contributed by atoms with E-state index in [0.717, 1.165) is 5.56 Å². The summed E-state index contributed by atoms with van der Waals surface area (Å²) in [5, 5.41) is 2.90. The van der Waals surface area contributed by atoms with Gasteiger partial charge in [-0.25, -0.2) is 8.42 Å². The van der Waals surface area contributed by atoms with Crippen LogP contribution in [-0.4, -0.2) is 57.4 Å². The van der Waals surface area contributed by atoms with Crippen LogP contribution >= 0.6 is 0 Å². The van der Waals surface area contributed by atoms with Gasteiger partial charge in [-0.15, -0.1) is 0 Å². The lowest BCUT2D eigenvalue weighted by Gasteiger charge is -2.38. The van der Waals surface area contributed by atoms with Gasteiger partial charge < -0.3 is 19.7 Å². The minimum Gasteiger partial charge on any atom is -0.497 e. The van der Waals surface area contributed by atoms with Gasteiger partial charge in [0.1, 0.15) is 11.5 Å². The number of nitrogens with one attached hydrogen (secondary N) is 1. The number of nitrogens with zero attached hydrogens (tertiary/aromatic N) is 2. The molecule has 0 saturated carbocycles. The van der Waals surface area contributed by atoms with Crippen molar-refractivity contribution in [3.05, 3.63) is 84.4 Å². The van der Waals surface area contributed by atoms with Gasteiger partial charge in [-0.3, -0.25) is 9.59 Å². The van der Waals surface area contributed by atoms with E-state index in [0.29, 0.717) is 36.6 Å². The molecule has 0 spiro atoms. The first-order chi connectivity index (χ1) is 18.9. The zero-order valence-electron chi connectivity index (χ0n) is 21.7. The molecule has 2 aliphatic rings. The highest BCUT2D eigenvalue weighted by Crippen LogP contribution is 2.36. The van der Waals surface area contributed by atoms with E-state index in [1.165, 1.54) is 23.5 Å². The Kier molecular flexibility index (Phi) is 7.85. The van der Waals surface area contributed by atoms with Crippen LogP contribution in [0, 0.1) is 5.92 Å². The number of hydrogen-bond donors (Lipinski definition) is 1. The van der Waals surface area contributed by atoms with E-state index in [1.807, 2.05) is 36.4 Å².